The van der Waals surface area contributed by atoms with Crippen molar-refractivity contribution in [1.29, 1.82) is 16.1 Å². The lowest BCUT2D eigenvalue weighted by molar-refractivity contribution is 1.00. The summed E-state index contributed by atoms with van der Waals surface area (Å²) in [6, 6.07) is 9.01. The molecule has 0 radical (unpaired) electrons. The first-order valence-corrected chi connectivity index (χ1v) is 6.93. The van der Waals surface area contributed by atoms with Gasteiger partial charge in [-0.3, -0.25) is 10.8 Å². The summed E-state index contributed by atoms with van der Waals surface area (Å²) in [6.45, 7) is 0. The Hall–Kier alpha value is -3.12. The van der Waals surface area contributed by atoms with Gasteiger partial charge in [0.2, 0.25) is 5.13 Å². The minimum Gasteiger partial charge on any atom is -0.399 e. The van der Waals surface area contributed by atoms with Gasteiger partial charge in [-0.2, -0.15) is 10.4 Å². The van der Waals surface area contributed by atoms with Crippen LogP contribution in [0.5, 0.6) is 0 Å². The summed E-state index contributed by atoms with van der Waals surface area (Å²) in [5, 5.41) is 35.9. The molecule has 0 aliphatic carbocycles. The topological polar surface area (TPSA) is 148 Å². The molecule has 2 rings (SSSR count). The maximum absolute atomic E-state index is 8.55. The Morgan fingerprint density at radius 2 is 2.14 bits per heavy atom. The van der Waals surface area contributed by atoms with E-state index in [9.17, 15) is 0 Å². The zero-order valence-electron chi connectivity index (χ0n) is 11.4. The first kappa shape index (κ1) is 15.3. The van der Waals surface area contributed by atoms with Crippen molar-refractivity contribution in [2.45, 2.75) is 6.42 Å². The van der Waals surface area contributed by atoms with Crippen LogP contribution in [0, 0.1) is 22.1 Å². The number of anilines is 2. The molecule has 0 fully saturated rings. The van der Waals surface area contributed by atoms with E-state index in [4.69, 9.17) is 21.8 Å². The standard InChI is InChI=1S/C13H12N8S/c14-6-5-10(16)11-12(17)22-13(21-19-11)20-18-7-8-1-3-9(15)4-2-8/h1-4,7,16-17H,5,15H2,(H,20,21)/b16-10?,17-12?,18-7+. The average Bonchev–Trinajstić information content (AvgIpc) is 2.49. The van der Waals surface area contributed by atoms with Crippen molar-refractivity contribution < 1.29 is 0 Å². The van der Waals surface area contributed by atoms with Crippen molar-refractivity contribution in [1.82, 2.24) is 10.2 Å². The van der Waals surface area contributed by atoms with Crippen LogP contribution in [0.25, 0.3) is 0 Å². The Morgan fingerprint density at radius 3 is 2.77 bits per heavy atom. The Bertz CT molecular complexity index is 800. The van der Waals surface area contributed by atoms with Gasteiger partial charge in [0.1, 0.15) is 10.4 Å². The number of nitrogens with one attached hydrogen (secondary N) is 3. The van der Waals surface area contributed by atoms with Crippen LogP contribution in [-0.2, 0) is 0 Å². The van der Waals surface area contributed by atoms with Crippen molar-refractivity contribution in [2.75, 3.05) is 11.2 Å². The molecule has 1 heterocycles. The number of rotatable bonds is 5. The van der Waals surface area contributed by atoms with Crippen LogP contribution in [0.1, 0.15) is 17.7 Å². The Morgan fingerprint density at radius 1 is 1.41 bits per heavy atom. The fraction of sp³-hybridized carbons (Fsp3) is 0.0769. The summed E-state index contributed by atoms with van der Waals surface area (Å²) < 4.78 is 0.0560. The predicted molar refractivity (Wildman–Crippen MR) is 84.9 cm³/mol. The Balaban J connectivity index is 2.07. The molecule has 1 aromatic carbocycles. The van der Waals surface area contributed by atoms with Crippen LogP contribution < -0.4 is 15.8 Å². The molecule has 1 aromatic heterocycles. The van der Waals surface area contributed by atoms with Gasteiger partial charge in [-0.1, -0.05) is 23.5 Å². The highest BCUT2D eigenvalue weighted by Gasteiger charge is 2.08. The maximum atomic E-state index is 8.55. The predicted octanol–water partition coefficient (Wildman–Crippen LogP) is 1.33. The first-order valence-electron chi connectivity index (χ1n) is 6.12. The van der Waals surface area contributed by atoms with Crippen LogP contribution in [0.15, 0.2) is 29.4 Å². The zero-order chi connectivity index (χ0) is 15.9. The molecule has 9 heteroatoms. The van der Waals surface area contributed by atoms with Crippen molar-refractivity contribution in [3.05, 3.63) is 40.2 Å². The van der Waals surface area contributed by atoms with Crippen LogP contribution in [0.3, 0.4) is 0 Å². The third kappa shape index (κ3) is 3.94. The van der Waals surface area contributed by atoms with E-state index in [-0.39, 0.29) is 22.5 Å². The molecule has 0 aliphatic rings. The van der Waals surface area contributed by atoms with Crippen LogP contribution >= 0.6 is 11.3 Å². The van der Waals surface area contributed by atoms with E-state index in [1.165, 1.54) is 0 Å². The van der Waals surface area contributed by atoms with E-state index in [2.05, 4.69) is 20.7 Å². The highest BCUT2D eigenvalue weighted by atomic mass is 32.1. The number of aromatic nitrogens is 2. The highest BCUT2D eigenvalue weighted by molar-refractivity contribution is 7.13. The lowest BCUT2D eigenvalue weighted by Gasteiger charge is -2.00. The fourth-order valence-corrected chi connectivity index (χ4v) is 2.09. The summed E-state index contributed by atoms with van der Waals surface area (Å²) in [6.07, 6.45) is 1.48. The SMILES string of the molecule is N#CCC(=N)c1nnc(N/N=C/c2ccc(N)cc2)sc1=N. The second kappa shape index (κ2) is 7.05. The molecule has 0 saturated carbocycles. The lowest BCUT2D eigenvalue weighted by atomic mass is 10.2. The number of nitrogens with two attached hydrogens (primary N) is 1. The molecule has 110 valence electrons. The second-order valence-corrected chi connectivity index (χ2v) is 5.13. The Labute approximate surface area is 130 Å². The van der Waals surface area contributed by atoms with Gasteiger partial charge in [0.15, 0.2) is 0 Å². The van der Waals surface area contributed by atoms with Gasteiger partial charge in [-0.25, -0.2) is 0 Å². The summed E-state index contributed by atoms with van der Waals surface area (Å²) >= 11 is 0.994. The average molecular weight is 312 g/mol. The van der Waals surface area contributed by atoms with Gasteiger partial charge >= 0.3 is 0 Å². The normalized spacial score (nSPS) is 10.3. The lowest BCUT2D eigenvalue weighted by Crippen LogP contribution is -2.16. The quantitative estimate of drug-likeness (QED) is 0.373. The van der Waals surface area contributed by atoms with Crippen molar-refractivity contribution in [2.24, 2.45) is 5.10 Å². The van der Waals surface area contributed by atoms with E-state index < -0.39 is 0 Å². The van der Waals surface area contributed by atoms with Crippen LogP contribution in [-0.4, -0.2) is 22.1 Å². The van der Waals surface area contributed by atoms with E-state index >= 15 is 0 Å². The number of benzene rings is 1. The third-order valence-corrected chi connectivity index (χ3v) is 3.27. The van der Waals surface area contributed by atoms with Crippen molar-refractivity contribution in [3.8, 4) is 6.07 Å². The molecule has 0 bridgehead atoms. The first-order chi connectivity index (χ1) is 10.6. The third-order valence-electron chi connectivity index (χ3n) is 2.51. The van der Waals surface area contributed by atoms with E-state index in [0.29, 0.717) is 10.8 Å². The molecule has 0 spiro atoms. The van der Waals surface area contributed by atoms with Gasteiger partial charge in [-0.15, -0.1) is 10.2 Å². The smallest absolute Gasteiger partial charge is 0.226 e. The molecule has 0 amide bonds. The van der Waals surface area contributed by atoms with Crippen LogP contribution in [0.4, 0.5) is 10.8 Å². The zero-order valence-corrected chi connectivity index (χ0v) is 12.2. The van der Waals surface area contributed by atoms with Gasteiger partial charge in [-0.05, 0) is 17.7 Å². The van der Waals surface area contributed by atoms with Crippen molar-refractivity contribution in [3.63, 3.8) is 0 Å². The van der Waals surface area contributed by atoms with Crippen molar-refractivity contribution >= 4 is 34.1 Å². The number of nitrogen functional groups attached to an aromatic ring is 1. The second-order valence-electron chi connectivity index (χ2n) is 4.14. The molecule has 0 atom stereocenters. The van der Waals surface area contributed by atoms with Gasteiger partial charge in [0, 0.05) is 5.69 Å². The molecule has 0 aliphatic heterocycles. The summed E-state index contributed by atoms with van der Waals surface area (Å²) in [7, 11) is 0. The fourth-order valence-electron chi connectivity index (χ4n) is 1.46. The summed E-state index contributed by atoms with van der Waals surface area (Å²) in [4.78, 5) is 0. The molecule has 8 nitrogen and oxygen atoms in total. The molecular weight excluding hydrogens is 300 g/mol. The molecular formula is C13H12N8S. The van der Waals surface area contributed by atoms with Gasteiger partial charge < -0.3 is 11.1 Å². The van der Waals surface area contributed by atoms with Gasteiger partial charge in [0.25, 0.3) is 0 Å². The number of hydrogen-bond donors (Lipinski definition) is 4. The summed E-state index contributed by atoms with van der Waals surface area (Å²) in [5.41, 5.74) is 9.89. The van der Waals surface area contributed by atoms with Gasteiger partial charge in [0.05, 0.1) is 24.4 Å². The number of nitrogens with zero attached hydrogens (tertiary/aromatic N) is 4. The van der Waals surface area contributed by atoms with E-state index in [0.717, 1.165) is 16.9 Å². The highest BCUT2D eigenvalue weighted by Crippen LogP contribution is 2.07. The number of hydrogen-bond acceptors (Lipinski definition) is 9. The Kier molecular flexibility index (Phi) is 4.89. The number of nitriles is 1. The molecule has 0 saturated heterocycles. The molecule has 5 N–H and O–H groups in total. The monoisotopic (exact) mass is 312 g/mol. The minimum atomic E-state index is -0.102. The molecule has 22 heavy (non-hydrogen) atoms. The van der Waals surface area contributed by atoms with E-state index in [1.54, 1.807) is 18.3 Å². The van der Waals surface area contributed by atoms with Crippen LogP contribution in [0.2, 0.25) is 0 Å². The minimum absolute atomic E-state index is 0.0202. The summed E-state index contributed by atoms with van der Waals surface area (Å²) in [5.74, 6) is 0. The number of hydrazone groups is 1. The molecule has 2 aromatic rings. The molecule has 0 unspecified atom stereocenters. The van der Waals surface area contributed by atoms with E-state index in [1.807, 2.05) is 18.2 Å². The largest absolute Gasteiger partial charge is 0.399 e. The maximum Gasteiger partial charge on any atom is 0.226 e.